The third kappa shape index (κ3) is 2.91. The van der Waals surface area contributed by atoms with E-state index in [1.165, 1.54) is 12.1 Å². The Morgan fingerprint density at radius 3 is 2.60 bits per heavy atom. The van der Waals surface area contributed by atoms with Gasteiger partial charge in [-0.05, 0) is 18.2 Å². The van der Waals surface area contributed by atoms with Crippen molar-refractivity contribution in [2.45, 2.75) is 6.04 Å². The Hall–Kier alpha value is -1.64. The minimum Gasteiger partial charge on any atom is -0.394 e. The number of aliphatic hydroxyl groups excluding tert-OH is 2. The molecule has 0 amide bonds. The summed E-state index contributed by atoms with van der Waals surface area (Å²) >= 11 is 0. The van der Waals surface area contributed by atoms with E-state index in [0.29, 0.717) is 5.69 Å². The second kappa shape index (κ2) is 5.29. The van der Waals surface area contributed by atoms with Crippen LogP contribution in [0.1, 0.15) is 5.56 Å². The van der Waals surface area contributed by atoms with Crippen molar-refractivity contribution in [3.63, 3.8) is 0 Å². The number of nitrogens with one attached hydrogen (secondary N) is 1. The lowest BCUT2D eigenvalue weighted by Crippen LogP contribution is -2.28. The van der Waals surface area contributed by atoms with Crippen LogP contribution in [0.15, 0.2) is 18.2 Å². The molecule has 0 spiro atoms. The Bertz CT molecular complexity index is 372. The summed E-state index contributed by atoms with van der Waals surface area (Å²) in [6.45, 7) is -0.530. The number of aliphatic hydroxyl groups is 2. The molecule has 0 aromatic heterocycles. The molecule has 15 heavy (non-hydrogen) atoms. The fourth-order valence-corrected chi connectivity index (χ4v) is 1.10. The summed E-state index contributed by atoms with van der Waals surface area (Å²) in [6.07, 6.45) is 0. The molecule has 0 saturated carbocycles. The van der Waals surface area contributed by atoms with Crippen molar-refractivity contribution in [2.75, 3.05) is 18.5 Å². The Morgan fingerprint density at radius 1 is 1.40 bits per heavy atom. The van der Waals surface area contributed by atoms with Crippen LogP contribution in [0, 0.1) is 17.1 Å². The molecule has 0 atom stereocenters. The first-order valence-electron chi connectivity index (χ1n) is 4.39. The zero-order valence-electron chi connectivity index (χ0n) is 7.94. The highest BCUT2D eigenvalue weighted by Gasteiger charge is 2.09. The minimum absolute atomic E-state index is 0.141. The van der Waals surface area contributed by atoms with Crippen molar-refractivity contribution in [3.8, 4) is 6.07 Å². The zero-order chi connectivity index (χ0) is 11.3. The molecule has 3 N–H and O–H groups in total. The van der Waals surface area contributed by atoms with Crippen LogP contribution in [0.25, 0.3) is 0 Å². The smallest absolute Gasteiger partial charge is 0.124 e. The van der Waals surface area contributed by atoms with Crippen LogP contribution in [-0.4, -0.2) is 29.5 Å². The van der Waals surface area contributed by atoms with E-state index in [1.54, 1.807) is 0 Å². The summed E-state index contributed by atoms with van der Waals surface area (Å²) in [6, 6.07) is 4.96. The number of hydrogen-bond donors (Lipinski definition) is 3. The van der Waals surface area contributed by atoms with Gasteiger partial charge >= 0.3 is 0 Å². The minimum atomic E-state index is -0.553. The molecule has 1 aromatic carbocycles. The van der Waals surface area contributed by atoms with E-state index in [0.717, 1.165) is 6.07 Å². The molecule has 0 radical (unpaired) electrons. The molecule has 0 heterocycles. The van der Waals surface area contributed by atoms with Gasteiger partial charge in [0, 0.05) is 0 Å². The average Bonchev–Trinajstić information content (AvgIpc) is 2.27. The second-order valence-corrected chi connectivity index (χ2v) is 3.01. The maximum absolute atomic E-state index is 12.8. The Labute approximate surface area is 86.6 Å². The predicted molar refractivity (Wildman–Crippen MR) is 52.7 cm³/mol. The van der Waals surface area contributed by atoms with Gasteiger partial charge in [-0.15, -0.1) is 0 Å². The van der Waals surface area contributed by atoms with Crippen molar-refractivity contribution >= 4 is 5.69 Å². The van der Waals surface area contributed by atoms with Crippen LogP contribution >= 0.6 is 0 Å². The summed E-state index contributed by atoms with van der Waals surface area (Å²) in [5, 5.41) is 29.1. The molecular weight excluding hydrogens is 199 g/mol. The van der Waals surface area contributed by atoms with Gasteiger partial charge in [0.05, 0.1) is 30.5 Å². The third-order valence-corrected chi connectivity index (χ3v) is 1.90. The Morgan fingerprint density at radius 2 is 2.07 bits per heavy atom. The zero-order valence-corrected chi connectivity index (χ0v) is 7.94. The standard InChI is InChI=1S/C10H11FN2O2/c11-8-1-2-10(7(3-8)4-12)13-9(5-14)6-15/h1-3,9,13-15H,5-6H2. The number of hydrogen-bond acceptors (Lipinski definition) is 4. The van der Waals surface area contributed by atoms with E-state index in [1.807, 2.05) is 6.07 Å². The van der Waals surface area contributed by atoms with Gasteiger partial charge in [-0.25, -0.2) is 4.39 Å². The highest BCUT2D eigenvalue weighted by atomic mass is 19.1. The van der Waals surface area contributed by atoms with E-state index in [4.69, 9.17) is 15.5 Å². The SMILES string of the molecule is N#Cc1cc(F)ccc1NC(CO)CO. The van der Waals surface area contributed by atoms with Gasteiger partial charge in [0.2, 0.25) is 0 Å². The van der Waals surface area contributed by atoms with E-state index in [2.05, 4.69) is 5.32 Å². The monoisotopic (exact) mass is 210 g/mol. The fourth-order valence-electron chi connectivity index (χ4n) is 1.10. The first-order valence-corrected chi connectivity index (χ1v) is 4.39. The topological polar surface area (TPSA) is 76.3 Å². The highest BCUT2D eigenvalue weighted by Crippen LogP contribution is 2.16. The Kier molecular flexibility index (Phi) is 4.03. The summed E-state index contributed by atoms with van der Waals surface area (Å²) in [5.41, 5.74) is 0.536. The number of rotatable bonds is 4. The molecule has 0 saturated heterocycles. The summed E-state index contributed by atoms with van der Waals surface area (Å²) in [5.74, 6) is -0.498. The van der Waals surface area contributed by atoms with Gasteiger partial charge in [0.25, 0.3) is 0 Å². The van der Waals surface area contributed by atoms with Gasteiger partial charge in [-0.3, -0.25) is 0 Å². The average molecular weight is 210 g/mol. The first kappa shape index (κ1) is 11.4. The van der Waals surface area contributed by atoms with Crippen LogP contribution in [-0.2, 0) is 0 Å². The van der Waals surface area contributed by atoms with Gasteiger partial charge < -0.3 is 15.5 Å². The summed E-state index contributed by atoms with van der Waals surface area (Å²) < 4.78 is 12.8. The van der Waals surface area contributed by atoms with Crippen LogP contribution in [0.5, 0.6) is 0 Å². The van der Waals surface area contributed by atoms with E-state index in [-0.39, 0.29) is 18.8 Å². The van der Waals surface area contributed by atoms with Gasteiger partial charge in [0.1, 0.15) is 11.9 Å². The predicted octanol–water partition coefficient (Wildman–Crippen LogP) is 0.462. The third-order valence-electron chi connectivity index (χ3n) is 1.90. The van der Waals surface area contributed by atoms with Crippen molar-refractivity contribution in [2.24, 2.45) is 0 Å². The normalized spacial score (nSPS) is 10.1. The molecule has 0 aliphatic rings. The maximum atomic E-state index is 12.8. The van der Waals surface area contributed by atoms with Crippen molar-refractivity contribution in [3.05, 3.63) is 29.6 Å². The van der Waals surface area contributed by atoms with Gasteiger partial charge in [-0.1, -0.05) is 0 Å². The molecule has 0 fully saturated rings. The second-order valence-electron chi connectivity index (χ2n) is 3.01. The largest absolute Gasteiger partial charge is 0.394 e. The quantitative estimate of drug-likeness (QED) is 0.675. The summed E-state index contributed by atoms with van der Waals surface area (Å²) in [4.78, 5) is 0. The molecule has 1 aromatic rings. The molecule has 0 unspecified atom stereocenters. The lowest BCUT2D eigenvalue weighted by atomic mass is 10.1. The number of halogens is 1. The van der Waals surface area contributed by atoms with Crippen LogP contribution in [0.4, 0.5) is 10.1 Å². The molecule has 80 valence electrons. The molecule has 0 aliphatic heterocycles. The summed E-state index contributed by atoms with van der Waals surface area (Å²) in [7, 11) is 0. The molecule has 0 bridgehead atoms. The molecule has 0 aliphatic carbocycles. The van der Waals surface area contributed by atoms with Crippen LogP contribution in [0.3, 0.4) is 0 Å². The lowest BCUT2D eigenvalue weighted by Gasteiger charge is -2.15. The van der Waals surface area contributed by atoms with E-state index < -0.39 is 11.9 Å². The maximum Gasteiger partial charge on any atom is 0.124 e. The fraction of sp³-hybridized carbons (Fsp3) is 0.300. The highest BCUT2D eigenvalue weighted by molar-refractivity contribution is 5.57. The number of nitrogens with zero attached hydrogens (tertiary/aromatic N) is 1. The van der Waals surface area contributed by atoms with Crippen molar-refractivity contribution < 1.29 is 14.6 Å². The van der Waals surface area contributed by atoms with Crippen molar-refractivity contribution in [1.29, 1.82) is 5.26 Å². The molecule has 5 heteroatoms. The van der Waals surface area contributed by atoms with Crippen LogP contribution < -0.4 is 5.32 Å². The Balaban J connectivity index is 2.90. The van der Waals surface area contributed by atoms with E-state index >= 15 is 0 Å². The molecular formula is C10H11FN2O2. The van der Waals surface area contributed by atoms with E-state index in [9.17, 15) is 4.39 Å². The number of benzene rings is 1. The number of nitriles is 1. The first-order chi connectivity index (χ1) is 7.21. The van der Waals surface area contributed by atoms with Gasteiger partial charge in [0.15, 0.2) is 0 Å². The molecule has 4 nitrogen and oxygen atoms in total. The van der Waals surface area contributed by atoms with Gasteiger partial charge in [-0.2, -0.15) is 5.26 Å². The number of anilines is 1. The molecule has 1 rings (SSSR count). The lowest BCUT2D eigenvalue weighted by molar-refractivity contribution is 0.204. The van der Waals surface area contributed by atoms with Crippen molar-refractivity contribution in [1.82, 2.24) is 0 Å². The van der Waals surface area contributed by atoms with Crippen LogP contribution in [0.2, 0.25) is 0 Å².